The standard InChI is InChI=1S/C31H30N2O/c1-23-18-19-29(24(2)22-23)34-21-11-20-33-28-17-10-9-16-27(28)32-31(33)30(25-12-5-3-6-13-25)26-14-7-4-8-15-26/h3-10,12-19,22,30H,11,20-21H2,1-2H3. The Morgan fingerprint density at radius 1 is 0.765 bits per heavy atom. The molecule has 0 atom stereocenters. The van der Waals surface area contributed by atoms with Crippen LogP contribution in [-0.2, 0) is 6.54 Å². The molecule has 0 spiro atoms. The molecule has 0 bridgehead atoms. The summed E-state index contributed by atoms with van der Waals surface area (Å²) in [6.07, 6.45) is 0.900. The smallest absolute Gasteiger partial charge is 0.122 e. The van der Waals surface area contributed by atoms with Crippen LogP contribution in [0.4, 0.5) is 0 Å². The maximum Gasteiger partial charge on any atom is 0.122 e. The Hall–Kier alpha value is -3.85. The van der Waals surface area contributed by atoms with Crippen LogP contribution in [0.25, 0.3) is 11.0 Å². The van der Waals surface area contributed by atoms with Crippen LogP contribution in [0.15, 0.2) is 103 Å². The van der Waals surface area contributed by atoms with E-state index in [-0.39, 0.29) is 5.92 Å². The molecule has 0 radical (unpaired) electrons. The van der Waals surface area contributed by atoms with Crippen LogP contribution >= 0.6 is 0 Å². The van der Waals surface area contributed by atoms with E-state index in [1.807, 2.05) is 0 Å². The van der Waals surface area contributed by atoms with Crippen molar-refractivity contribution < 1.29 is 4.74 Å². The van der Waals surface area contributed by atoms with Gasteiger partial charge in [0.05, 0.1) is 23.6 Å². The van der Waals surface area contributed by atoms with Crippen molar-refractivity contribution in [2.24, 2.45) is 0 Å². The van der Waals surface area contributed by atoms with Crippen LogP contribution < -0.4 is 4.74 Å². The van der Waals surface area contributed by atoms with E-state index in [4.69, 9.17) is 9.72 Å². The number of hydrogen-bond acceptors (Lipinski definition) is 2. The van der Waals surface area contributed by atoms with Gasteiger partial charge in [-0.15, -0.1) is 0 Å². The van der Waals surface area contributed by atoms with Gasteiger partial charge in [-0.25, -0.2) is 4.98 Å². The van der Waals surface area contributed by atoms with E-state index in [2.05, 4.69) is 122 Å². The van der Waals surface area contributed by atoms with Crippen molar-refractivity contribution in [2.45, 2.75) is 32.7 Å². The summed E-state index contributed by atoms with van der Waals surface area (Å²) in [7, 11) is 0. The van der Waals surface area contributed by atoms with Crippen molar-refractivity contribution in [3.8, 4) is 5.75 Å². The zero-order chi connectivity index (χ0) is 23.3. The van der Waals surface area contributed by atoms with Gasteiger partial charge in [0, 0.05) is 6.54 Å². The average Bonchev–Trinajstić information content (AvgIpc) is 3.22. The maximum absolute atomic E-state index is 6.14. The summed E-state index contributed by atoms with van der Waals surface area (Å²) >= 11 is 0. The van der Waals surface area contributed by atoms with Gasteiger partial charge in [-0.3, -0.25) is 0 Å². The Morgan fingerprint density at radius 2 is 1.41 bits per heavy atom. The van der Waals surface area contributed by atoms with Crippen LogP contribution in [-0.4, -0.2) is 16.2 Å². The molecule has 0 saturated heterocycles. The Balaban J connectivity index is 1.47. The highest BCUT2D eigenvalue weighted by Crippen LogP contribution is 2.33. The number of rotatable bonds is 8. The Labute approximate surface area is 201 Å². The summed E-state index contributed by atoms with van der Waals surface area (Å²) < 4.78 is 8.52. The van der Waals surface area contributed by atoms with E-state index >= 15 is 0 Å². The van der Waals surface area contributed by atoms with Gasteiger partial charge in [-0.1, -0.05) is 90.5 Å². The summed E-state index contributed by atoms with van der Waals surface area (Å²) in [6, 6.07) is 36.1. The molecule has 0 aliphatic rings. The lowest BCUT2D eigenvalue weighted by atomic mass is 9.90. The molecular formula is C31H30N2O. The fourth-order valence-electron chi connectivity index (χ4n) is 4.70. The number of hydrogen-bond donors (Lipinski definition) is 0. The first-order valence-corrected chi connectivity index (χ1v) is 12.0. The van der Waals surface area contributed by atoms with E-state index in [1.54, 1.807) is 0 Å². The van der Waals surface area contributed by atoms with E-state index in [9.17, 15) is 0 Å². The lowest BCUT2D eigenvalue weighted by Gasteiger charge is -2.20. The normalized spacial score (nSPS) is 11.3. The van der Waals surface area contributed by atoms with Gasteiger partial charge in [0.25, 0.3) is 0 Å². The molecular weight excluding hydrogens is 416 g/mol. The second kappa shape index (κ2) is 9.96. The molecule has 0 N–H and O–H groups in total. The Morgan fingerprint density at radius 3 is 2.09 bits per heavy atom. The number of nitrogens with zero attached hydrogens (tertiary/aromatic N) is 2. The molecule has 0 unspecified atom stereocenters. The first kappa shape index (κ1) is 22.0. The zero-order valence-corrected chi connectivity index (χ0v) is 19.8. The number of fused-ring (bicyclic) bond motifs is 1. The summed E-state index contributed by atoms with van der Waals surface area (Å²) in [5, 5.41) is 0. The van der Waals surface area contributed by atoms with Crippen LogP contribution in [0.1, 0.15) is 40.4 Å². The lowest BCUT2D eigenvalue weighted by Crippen LogP contribution is -2.13. The predicted octanol–water partition coefficient (Wildman–Crippen LogP) is 7.30. The number of benzene rings is 4. The first-order chi connectivity index (χ1) is 16.7. The van der Waals surface area contributed by atoms with Gasteiger partial charge in [-0.05, 0) is 55.2 Å². The number of para-hydroxylation sites is 2. The highest BCUT2D eigenvalue weighted by molar-refractivity contribution is 5.76. The lowest BCUT2D eigenvalue weighted by molar-refractivity contribution is 0.300. The fraction of sp³-hybridized carbons (Fsp3) is 0.194. The number of aromatic nitrogens is 2. The number of imidazole rings is 1. The average molecular weight is 447 g/mol. The summed E-state index contributed by atoms with van der Waals surface area (Å²) in [5.41, 5.74) is 7.13. The largest absolute Gasteiger partial charge is 0.493 e. The highest BCUT2D eigenvalue weighted by atomic mass is 16.5. The molecule has 3 heteroatoms. The van der Waals surface area contributed by atoms with Crippen molar-refractivity contribution >= 4 is 11.0 Å². The summed E-state index contributed by atoms with van der Waals surface area (Å²) in [6.45, 7) is 5.72. The van der Waals surface area contributed by atoms with Gasteiger partial charge >= 0.3 is 0 Å². The molecule has 3 nitrogen and oxygen atoms in total. The third-order valence-electron chi connectivity index (χ3n) is 6.32. The van der Waals surface area contributed by atoms with Gasteiger partial charge in [0.2, 0.25) is 0 Å². The predicted molar refractivity (Wildman–Crippen MR) is 140 cm³/mol. The minimum atomic E-state index is 0.0649. The molecule has 1 aromatic heterocycles. The van der Waals surface area contributed by atoms with Crippen molar-refractivity contribution in [1.29, 1.82) is 0 Å². The quantitative estimate of drug-likeness (QED) is 0.234. The van der Waals surface area contributed by atoms with Crippen LogP contribution in [0.5, 0.6) is 5.75 Å². The Kier molecular flexibility index (Phi) is 6.44. The highest BCUT2D eigenvalue weighted by Gasteiger charge is 2.23. The second-order valence-corrected chi connectivity index (χ2v) is 8.84. The molecule has 1 heterocycles. The topological polar surface area (TPSA) is 27.1 Å². The molecule has 170 valence electrons. The van der Waals surface area contributed by atoms with Gasteiger partial charge in [-0.2, -0.15) is 0 Å². The third-order valence-corrected chi connectivity index (χ3v) is 6.32. The van der Waals surface area contributed by atoms with Gasteiger partial charge < -0.3 is 9.30 Å². The van der Waals surface area contributed by atoms with Crippen molar-refractivity contribution in [2.75, 3.05) is 6.61 Å². The molecule has 4 aromatic carbocycles. The number of ether oxygens (including phenoxy) is 1. The Bertz CT molecular complexity index is 1330. The summed E-state index contributed by atoms with van der Waals surface area (Å²) in [5.74, 6) is 2.10. The van der Waals surface area contributed by atoms with Crippen LogP contribution in [0, 0.1) is 13.8 Å². The summed E-state index contributed by atoms with van der Waals surface area (Å²) in [4.78, 5) is 5.15. The molecule has 0 aliphatic carbocycles. The molecule has 0 amide bonds. The fourth-order valence-corrected chi connectivity index (χ4v) is 4.70. The van der Waals surface area contributed by atoms with Crippen LogP contribution in [0.2, 0.25) is 0 Å². The number of aryl methyl sites for hydroxylation is 3. The molecule has 0 fully saturated rings. The molecule has 0 aliphatic heterocycles. The SMILES string of the molecule is Cc1ccc(OCCCn2c(C(c3ccccc3)c3ccccc3)nc3ccccc32)c(C)c1. The minimum Gasteiger partial charge on any atom is -0.493 e. The van der Waals surface area contributed by atoms with Crippen molar-refractivity contribution in [3.63, 3.8) is 0 Å². The van der Waals surface area contributed by atoms with E-state index in [0.717, 1.165) is 30.1 Å². The van der Waals surface area contributed by atoms with Crippen LogP contribution in [0.3, 0.4) is 0 Å². The van der Waals surface area contributed by atoms with E-state index in [1.165, 1.54) is 27.8 Å². The molecule has 5 aromatic rings. The minimum absolute atomic E-state index is 0.0649. The van der Waals surface area contributed by atoms with Gasteiger partial charge in [0.15, 0.2) is 0 Å². The molecule has 34 heavy (non-hydrogen) atoms. The third kappa shape index (κ3) is 4.60. The maximum atomic E-state index is 6.14. The zero-order valence-electron chi connectivity index (χ0n) is 19.8. The van der Waals surface area contributed by atoms with Gasteiger partial charge in [0.1, 0.15) is 11.6 Å². The van der Waals surface area contributed by atoms with Crippen molar-refractivity contribution in [1.82, 2.24) is 9.55 Å². The molecule has 0 saturated carbocycles. The van der Waals surface area contributed by atoms with E-state index < -0.39 is 0 Å². The molecule has 5 rings (SSSR count). The van der Waals surface area contributed by atoms with Crippen molar-refractivity contribution in [3.05, 3.63) is 131 Å². The first-order valence-electron chi connectivity index (χ1n) is 12.0. The van der Waals surface area contributed by atoms with E-state index in [0.29, 0.717) is 6.61 Å². The monoisotopic (exact) mass is 446 g/mol. The second-order valence-electron chi connectivity index (χ2n) is 8.84.